The third-order valence-corrected chi connectivity index (χ3v) is 4.00. The second-order valence-corrected chi connectivity index (χ2v) is 5.73. The van der Waals surface area contributed by atoms with Gasteiger partial charge in [0.25, 0.3) is 0 Å². The van der Waals surface area contributed by atoms with Gasteiger partial charge in [-0.3, -0.25) is 0 Å². The number of halogens is 3. The van der Waals surface area contributed by atoms with Gasteiger partial charge in [0, 0.05) is 11.5 Å². The number of hydrogen-bond acceptors (Lipinski definition) is 1. The molecule has 0 bridgehead atoms. The topological polar surface area (TPSA) is 26.0 Å². The molecular weight excluding hydrogens is 324 g/mol. The molecule has 2 aromatic carbocycles. The van der Waals surface area contributed by atoms with Crippen LogP contribution in [0.1, 0.15) is 22.6 Å². The van der Waals surface area contributed by atoms with E-state index in [2.05, 4.69) is 15.9 Å². The lowest BCUT2D eigenvalue weighted by molar-refractivity contribution is 0.534. The highest BCUT2D eigenvalue weighted by Gasteiger charge is 2.18. The Bertz CT molecular complexity index is 613. The SMILES string of the molecule is Cc1cccc(C(CN)Cc2c(F)ccc(Br)c2F)c1. The predicted molar refractivity (Wildman–Crippen MR) is 80.7 cm³/mol. The summed E-state index contributed by atoms with van der Waals surface area (Å²) in [5.74, 6) is -1.18. The Balaban J connectivity index is 2.34. The summed E-state index contributed by atoms with van der Waals surface area (Å²) in [7, 11) is 0. The largest absolute Gasteiger partial charge is 0.330 e. The Kier molecular flexibility index (Phi) is 4.89. The first-order chi connectivity index (χ1) is 9.52. The van der Waals surface area contributed by atoms with Crippen LogP contribution in [0.2, 0.25) is 0 Å². The van der Waals surface area contributed by atoms with E-state index < -0.39 is 11.6 Å². The van der Waals surface area contributed by atoms with E-state index in [4.69, 9.17) is 5.73 Å². The van der Waals surface area contributed by atoms with Crippen LogP contribution in [0.5, 0.6) is 0 Å². The van der Waals surface area contributed by atoms with Crippen molar-refractivity contribution in [3.63, 3.8) is 0 Å². The maximum Gasteiger partial charge on any atom is 0.143 e. The molecule has 0 heterocycles. The Morgan fingerprint density at radius 2 is 1.95 bits per heavy atom. The molecule has 2 aromatic rings. The summed E-state index contributed by atoms with van der Waals surface area (Å²) in [6.07, 6.45) is 0.247. The molecule has 1 unspecified atom stereocenters. The lowest BCUT2D eigenvalue weighted by atomic mass is 9.91. The number of rotatable bonds is 4. The zero-order chi connectivity index (χ0) is 14.7. The first kappa shape index (κ1) is 15.1. The molecule has 2 N–H and O–H groups in total. The van der Waals surface area contributed by atoms with Crippen LogP contribution < -0.4 is 5.73 Å². The van der Waals surface area contributed by atoms with Crippen molar-refractivity contribution in [2.24, 2.45) is 5.73 Å². The first-order valence-electron chi connectivity index (χ1n) is 6.42. The van der Waals surface area contributed by atoms with Crippen LogP contribution in [0.15, 0.2) is 40.9 Å². The molecule has 0 aliphatic carbocycles. The minimum Gasteiger partial charge on any atom is -0.330 e. The maximum absolute atomic E-state index is 14.0. The number of aryl methyl sites for hydroxylation is 1. The van der Waals surface area contributed by atoms with Crippen LogP contribution in [0.4, 0.5) is 8.78 Å². The summed E-state index contributed by atoms with van der Waals surface area (Å²) in [6.45, 7) is 2.33. The fourth-order valence-electron chi connectivity index (χ4n) is 2.26. The van der Waals surface area contributed by atoms with Crippen molar-refractivity contribution in [1.82, 2.24) is 0 Å². The number of hydrogen-bond donors (Lipinski definition) is 1. The molecule has 20 heavy (non-hydrogen) atoms. The molecule has 1 atom stereocenters. The highest BCUT2D eigenvalue weighted by molar-refractivity contribution is 9.10. The van der Waals surface area contributed by atoms with Crippen LogP contribution in [-0.2, 0) is 6.42 Å². The van der Waals surface area contributed by atoms with E-state index in [1.54, 1.807) is 0 Å². The Labute approximate surface area is 125 Å². The molecule has 0 spiro atoms. The summed E-state index contributed by atoms with van der Waals surface area (Å²) in [4.78, 5) is 0. The van der Waals surface area contributed by atoms with Gasteiger partial charge in [0.2, 0.25) is 0 Å². The quantitative estimate of drug-likeness (QED) is 0.824. The van der Waals surface area contributed by atoms with Crippen molar-refractivity contribution in [2.75, 3.05) is 6.54 Å². The lowest BCUT2D eigenvalue weighted by Crippen LogP contribution is -2.16. The zero-order valence-electron chi connectivity index (χ0n) is 11.2. The predicted octanol–water partition coefficient (Wildman–Crippen LogP) is 4.32. The van der Waals surface area contributed by atoms with Crippen molar-refractivity contribution in [1.29, 1.82) is 0 Å². The molecule has 0 saturated heterocycles. The fourth-order valence-corrected chi connectivity index (χ4v) is 2.64. The Morgan fingerprint density at radius 3 is 2.60 bits per heavy atom. The normalized spacial score (nSPS) is 12.4. The van der Waals surface area contributed by atoms with Gasteiger partial charge in [-0.1, -0.05) is 29.8 Å². The third-order valence-electron chi connectivity index (χ3n) is 3.39. The van der Waals surface area contributed by atoms with Gasteiger partial charge in [-0.15, -0.1) is 0 Å². The van der Waals surface area contributed by atoms with Crippen molar-refractivity contribution >= 4 is 15.9 Å². The van der Waals surface area contributed by atoms with Crippen LogP contribution in [0.25, 0.3) is 0 Å². The molecule has 0 aliphatic rings. The summed E-state index contributed by atoms with van der Waals surface area (Å²) < 4.78 is 28.1. The molecule has 0 amide bonds. The van der Waals surface area contributed by atoms with E-state index in [9.17, 15) is 8.78 Å². The van der Waals surface area contributed by atoms with E-state index in [-0.39, 0.29) is 22.4 Å². The van der Waals surface area contributed by atoms with Crippen LogP contribution >= 0.6 is 15.9 Å². The van der Waals surface area contributed by atoms with Crippen molar-refractivity contribution in [3.8, 4) is 0 Å². The summed E-state index contributed by atoms with van der Waals surface area (Å²) in [5.41, 5.74) is 7.98. The molecule has 1 nitrogen and oxygen atoms in total. The number of benzene rings is 2. The number of nitrogens with two attached hydrogens (primary N) is 1. The van der Waals surface area contributed by atoms with E-state index in [0.29, 0.717) is 6.54 Å². The van der Waals surface area contributed by atoms with E-state index >= 15 is 0 Å². The zero-order valence-corrected chi connectivity index (χ0v) is 12.8. The second kappa shape index (κ2) is 6.46. The molecule has 0 fully saturated rings. The van der Waals surface area contributed by atoms with Crippen molar-refractivity contribution in [2.45, 2.75) is 19.3 Å². The van der Waals surface area contributed by atoms with Gasteiger partial charge in [-0.2, -0.15) is 0 Å². The Hall–Kier alpha value is -1.26. The maximum atomic E-state index is 14.0. The van der Waals surface area contributed by atoms with Crippen LogP contribution in [-0.4, -0.2) is 6.54 Å². The lowest BCUT2D eigenvalue weighted by Gasteiger charge is -2.17. The highest BCUT2D eigenvalue weighted by Crippen LogP contribution is 2.27. The van der Waals surface area contributed by atoms with Crippen LogP contribution in [0.3, 0.4) is 0 Å². The average Bonchev–Trinajstić information content (AvgIpc) is 2.43. The van der Waals surface area contributed by atoms with Gasteiger partial charge >= 0.3 is 0 Å². The summed E-state index contributed by atoms with van der Waals surface area (Å²) in [5, 5.41) is 0. The first-order valence-corrected chi connectivity index (χ1v) is 7.21. The second-order valence-electron chi connectivity index (χ2n) is 4.87. The van der Waals surface area contributed by atoms with Gasteiger partial charge in [0.1, 0.15) is 11.6 Å². The molecule has 2 rings (SSSR count). The summed E-state index contributed by atoms with van der Waals surface area (Å²) in [6, 6.07) is 10.5. The molecule has 0 aromatic heterocycles. The molecular formula is C16H16BrF2N. The minimum absolute atomic E-state index is 0.0799. The van der Waals surface area contributed by atoms with Crippen molar-refractivity contribution < 1.29 is 8.78 Å². The minimum atomic E-state index is -0.545. The van der Waals surface area contributed by atoms with E-state index in [0.717, 1.165) is 11.1 Å². The van der Waals surface area contributed by atoms with Gasteiger partial charge in [0.05, 0.1) is 4.47 Å². The van der Waals surface area contributed by atoms with Gasteiger partial charge in [-0.05, 0) is 53.5 Å². The molecule has 4 heteroatoms. The Morgan fingerprint density at radius 1 is 1.20 bits per heavy atom. The average molecular weight is 340 g/mol. The van der Waals surface area contributed by atoms with Crippen molar-refractivity contribution in [3.05, 3.63) is 69.2 Å². The van der Waals surface area contributed by atoms with Gasteiger partial charge in [0.15, 0.2) is 0 Å². The van der Waals surface area contributed by atoms with Crippen LogP contribution in [0, 0.1) is 18.6 Å². The van der Waals surface area contributed by atoms with Gasteiger partial charge in [-0.25, -0.2) is 8.78 Å². The summed E-state index contributed by atoms with van der Waals surface area (Å²) >= 11 is 3.09. The molecule has 106 valence electrons. The monoisotopic (exact) mass is 339 g/mol. The van der Waals surface area contributed by atoms with E-state index in [1.807, 2.05) is 31.2 Å². The fraction of sp³-hybridized carbons (Fsp3) is 0.250. The van der Waals surface area contributed by atoms with E-state index in [1.165, 1.54) is 12.1 Å². The smallest absolute Gasteiger partial charge is 0.143 e. The third kappa shape index (κ3) is 3.25. The molecule has 0 saturated carbocycles. The molecule has 0 aliphatic heterocycles. The van der Waals surface area contributed by atoms with Gasteiger partial charge < -0.3 is 5.73 Å². The standard InChI is InChI=1S/C16H16BrF2N/c1-10-3-2-4-11(7-10)12(9-20)8-13-15(18)6-5-14(17)16(13)19/h2-7,12H,8-9,20H2,1H3. The molecule has 0 radical (unpaired) electrons. The highest BCUT2D eigenvalue weighted by atomic mass is 79.9.